The maximum atomic E-state index is 14.4. The van der Waals surface area contributed by atoms with Crippen molar-refractivity contribution in [3.8, 4) is 0 Å². The molecule has 2 aromatic rings. The van der Waals surface area contributed by atoms with Crippen molar-refractivity contribution in [2.24, 2.45) is 0 Å². The fourth-order valence-corrected chi connectivity index (χ4v) is 3.73. The summed E-state index contributed by atoms with van der Waals surface area (Å²) in [5, 5.41) is 0. The molecule has 0 N–H and O–H groups in total. The van der Waals surface area contributed by atoms with Crippen LogP contribution in [0.25, 0.3) is 0 Å². The predicted octanol–water partition coefficient (Wildman–Crippen LogP) is 2.58. The van der Waals surface area contributed by atoms with Gasteiger partial charge in [0.1, 0.15) is 5.82 Å². The molecule has 1 heterocycles. The van der Waals surface area contributed by atoms with Gasteiger partial charge in [-0.15, -0.1) is 0 Å². The number of nitrogens with zero attached hydrogens (tertiary/aromatic N) is 2. The maximum Gasteiger partial charge on any atom is 0.253 e. The number of rotatable bonds is 3. The molecule has 0 unspecified atom stereocenters. The Morgan fingerprint density at radius 2 is 1.73 bits per heavy atom. The molecule has 1 saturated heterocycles. The van der Waals surface area contributed by atoms with Gasteiger partial charge in [0.2, 0.25) is 0 Å². The number of sulfone groups is 1. The largest absolute Gasteiger partial charge is 0.367 e. The minimum Gasteiger partial charge on any atom is -0.367 e. The number of amides is 1. The molecule has 1 fully saturated rings. The van der Waals surface area contributed by atoms with E-state index in [1.165, 1.54) is 12.1 Å². The zero-order chi connectivity index (χ0) is 18.7. The molecule has 0 bridgehead atoms. The van der Waals surface area contributed by atoms with Crippen LogP contribution < -0.4 is 4.90 Å². The van der Waals surface area contributed by atoms with E-state index in [-0.39, 0.29) is 10.8 Å². The highest BCUT2D eigenvalue weighted by Crippen LogP contribution is 2.24. The number of carbonyl (C=O) groups is 1. The Bertz CT molecular complexity index is 900. The molecule has 1 aliphatic rings. The summed E-state index contributed by atoms with van der Waals surface area (Å²) in [6.07, 6.45) is 1.77. The second-order valence-electron chi connectivity index (χ2n) is 6.38. The van der Waals surface area contributed by atoms with Gasteiger partial charge in [0.05, 0.1) is 10.6 Å². The first-order valence-electron chi connectivity index (χ1n) is 8.45. The number of halogens is 1. The second-order valence-corrected chi connectivity index (χ2v) is 8.40. The Morgan fingerprint density at radius 3 is 2.38 bits per heavy atom. The van der Waals surface area contributed by atoms with E-state index in [1.54, 1.807) is 17.0 Å². The molecule has 0 aliphatic carbocycles. The van der Waals surface area contributed by atoms with Crippen molar-refractivity contribution in [1.82, 2.24) is 4.90 Å². The molecule has 0 aromatic heterocycles. The van der Waals surface area contributed by atoms with E-state index in [4.69, 9.17) is 0 Å². The normalized spacial score (nSPS) is 15.6. The lowest BCUT2D eigenvalue weighted by Crippen LogP contribution is -2.35. The summed E-state index contributed by atoms with van der Waals surface area (Å²) in [7, 11) is -3.44. The second kappa shape index (κ2) is 7.45. The van der Waals surface area contributed by atoms with Crippen LogP contribution in [0.15, 0.2) is 53.4 Å². The van der Waals surface area contributed by atoms with Crippen LogP contribution in [-0.4, -0.2) is 51.7 Å². The van der Waals surface area contributed by atoms with Gasteiger partial charge in [-0.25, -0.2) is 12.8 Å². The monoisotopic (exact) mass is 376 g/mol. The number of hydrogen-bond acceptors (Lipinski definition) is 4. The number of anilines is 1. The van der Waals surface area contributed by atoms with Crippen molar-refractivity contribution in [2.45, 2.75) is 11.3 Å². The van der Waals surface area contributed by atoms with Crippen molar-refractivity contribution in [3.05, 3.63) is 59.9 Å². The summed E-state index contributed by atoms with van der Waals surface area (Å²) < 4.78 is 37.5. The van der Waals surface area contributed by atoms with Gasteiger partial charge in [-0.3, -0.25) is 4.79 Å². The third-order valence-corrected chi connectivity index (χ3v) is 5.60. The van der Waals surface area contributed by atoms with Gasteiger partial charge in [-0.05, 0) is 36.8 Å². The van der Waals surface area contributed by atoms with E-state index in [9.17, 15) is 17.6 Å². The average Bonchev–Trinajstić information content (AvgIpc) is 2.87. The van der Waals surface area contributed by atoms with Crippen LogP contribution in [0.5, 0.6) is 0 Å². The minimum absolute atomic E-state index is 0.0275. The fourth-order valence-electron chi connectivity index (χ4n) is 3.10. The van der Waals surface area contributed by atoms with Crippen LogP contribution in [-0.2, 0) is 9.84 Å². The summed E-state index contributed by atoms with van der Waals surface area (Å²) in [6, 6.07) is 13.1. The Balaban J connectivity index is 1.74. The van der Waals surface area contributed by atoms with Crippen LogP contribution >= 0.6 is 0 Å². The molecule has 7 heteroatoms. The maximum absolute atomic E-state index is 14.4. The van der Waals surface area contributed by atoms with Gasteiger partial charge in [0, 0.05) is 38.0 Å². The standard InChI is InChI=1S/C19H21FN2O3S/c1-26(24,25)16-8-9-18(17(20)14-16)21-10-5-11-22(13-12-21)19(23)15-6-3-2-4-7-15/h2-4,6-9,14H,5,10-13H2,1H3. The first-order chi connectivity index (χ1) is 12.4. The highest BCUT2D eigenvalue weighted by molar-refractivity contribution is 7.90. The fraction of sp³-hybridized carbons (Fsp3) is 0.316. The summed E-state index contributed by atoms with van der Waals surface area (Å²) in [6.45, 7) is 2.19. The van der Waals surface area contributed by atoms with E-state index < -0.39 is 15.7 Å². The van der Waals surface area contributed by atoms with Crippen LogP contribution in [0.3, 0.4) is 0 Å². The van der Waals surface area contributed by atoms with Crippen LogP contribution in [0.2, 0.25) is 0 Å². The van der Waals surface area contributed by atoms with Gasteiger partial charge in [-0.1, -0.05) is 18.2 Å². The Morgan fingerprint density at radius 1 is 1.00 bits per heavy atom. The van der Waals surface area contributed by atoms with Crippen molar-refractivity contribution >= 4 is 21.4 Å². The zero-order valence-electron chi connectivity index (χ0n) is 14.6. The lowest BCUT2D eigenvalue weighted by molar-refractivity contribution is 0.0767. The molecule has 2 aromatic carbocycles. The number of carbonyl (C=O) groups excluding carboxylic acids is 1. The summed E-state index contributed by atoms with van der Waals surface area (Å²) in [4.78, 5) is 16.2. The average molecular weight is 376 g/mol. The minimum atomic E-state index is -3.44. The predicted molar refractivity (Wildman–Crippen MR) is 98.7 cm³/mol. The van der Waals surface area contributed by atoms with E-state index in [0.717, 1.165) is 12.3 Å². The van der Waals surface area contributed by atoms with E-state index in [2.05, 4.69) is 0 Å². The summed E-state index contributed by atoms with van der Waals surface area (Å²) >= 11 is 0. The summed E-state index contributed by atoms with van der Waals surface area (Å²) in [5.41, 5.74) is 1.01. The molecule has 0 atom stereocenters. The third-order valence-electron chi connectivity index (χ3n) is 4.49. The van der Waals surface area contributed by atoms with Gasteiger partial charge < -0.3 is 9.80 Å². The van der Waals surface area contributed by atoms with Crippen LogP contribution in [0.4, 0.5) is 10.1 Å². The molecule has 0 radical (unpaired) electrons. The summed E-state index contributed by atoms with van der Waals surface area (Å²) in [5.74, 6) is -0.587. The van der Waals surface area contributed by atoms with Crippen molar-refractivity contribution in [3.63, 3.8) is 0 Å². The Labute approximate surface area is 153 Å². The first kappa shape index (κ1) is 18.4. The molecule has 5 nitrogen and oxygen atoms in total. The number of benzene rings is 2. The van der Waals surface area contributed by atoms with Crippen molar-refractivity contribution < 1.29 is 17.6 Å². The molecule has 26 heavy (non-hydrogen) atoms. The molecular weight excluding hydrogens is 355 g/mol. The Hall–Kier alpha value is -2.41. The van der Waals surface area contributed by atoms with E-state index in [0.29, 0.717) is 43.9 Å². The van der Waals surface area contributed by atoms with Crippen molar-refractivity contribution in [2.75, 3.05) is 37.3 Å². The van der Waals surface area contributed by atoms with Gasteiger partial charge >= 0.3 is 0 Å². The molecular formula is C19H21FN2O3S. The number of hydrogen-bond donors (Lipinski definition) is 0. The highest BCUT2D eigenvalue weighted by Gasteiger charge is 2.22. The quantitative estimate of drug-likeness (QED) is 0.826. The SMILES string of the molecule is CS(=O)(=O)c1ccc(N2CCCN(C(=O)c3ccccc3)CC2)c(F)c1. The van der Waals surface area contributed by atoms with Crippen LogP contribution in [0.1, 0.15) is 16.8 Å². The molecule has 1 aliphatic heterocycles. The first-order valence-corrected chi connectivity index (χ1v) is 10.3. The molecule has 138 valence electrons. The molecule has 0 saturated carbocycles. The lowest BCUT2D eigenvalue weighted by Gasteiger charge is -2.24. The third kappa shape index (κ3) is 4.04. The topological polar surface area (TPSA) is 57.7 Å². The van der Waals surface area contributed by atoms with Gasteiger partial charge in [-0.2, -0.15) is 0 Å². The molecule has 0 spiro atoms. The van der Waals surface area contributed by atoms with Gasteiger partial charge in [0.15, 0.2) is 9.84 Å². The molecule has 1 amide bonds. The van der Waals surface area contributed by atoms with Crippen molar-refractivity contribution in [1.29, 1.82) is 0 Å². The van der Waals surface area contributed by atoms with Crippen LogP contribution in [0, 0.1) is 5.82 Å². The zero-order valence-corrected chi connectivity index (χ0v) is 15.4. The van der Waals surface area contributed by atoms with E-state index >= 15 is 0 Å². The lowest BCUT2D eigenvalue weighted by atomic mass is 10.2. The highest BCUT2D eigenvalue weighted by atomic mass is 32.2. The molecule has 3 rings (SSSR count). The van der Waals surface area contributed by atoms with Gasteiger partial charge in [0.25, 0.3) is 5.91 Å². The Kier molecular flexibility index (Phi) is 5.27. The smallest absolute Gasteiger partial charge is 0.253 e. The van der Waals surface area contributed by atoms with E-state index in [1.807, 2.05) is 23.1 Å².